The van der Waals surface area contributed by atoms with E-state index in [0.29, 0.717) is 0 Å². The molecule has 0 N–H and O–H groups in total. The minimum Gasteiger partial charge on any atom is -0.134 e. The van der Waals surface area contributed by atoms with Crippen LogP contribution in [-0.4, -0.2) is 11.8 Å². The van der Waals surface area contributed by atoms with Gasteiger partial charge in [-0.25, -0.2) is 0 Å². The molecule has 0 saturated heterocycles. The molecule has 3 heteroatoms. The number of aliphatic imine (C=N–C) groups is 1. The highest BCUT2D eigenvalue weighted by molar-refractivity contribution is 5.34. The van der Waals surface area contributed by atoms with Gasteiger partial charge in [0.15, 0.2) is 0 Å². The van der Waals surface area contributed by atoms with Crippen molar-refractivity contribution in [3.8, 4) is 0 Å². The molecule has 0 unspecified atom stereocenters. The van der Waals surface area contributed by atoms with Crippen molar-refractivity contribution in [3.63, 3.8) is 0 Å². The Morgan fingerprint density at radius 1 is 1.78 bits per heavy atom. The quantitative estimate of drug-likeness (QED) is 0.387. The van der Waals surface area contributed by atoms with Crippen molar-refractivity contribution in [3.05, 3.63) is 18.3 Å². The molecule has 0 aromatic carbocycles. The topological polar surface area (TPSA) is 29.1 Å². The van der Waals surface area contributed by atoms with Crippen molar-refractivity contribution >= 4 is 12.5 Å². The average Bonchev–Trinajstić information content (AvgIpc) is 1.89. The zero-order valence-electron chi connectivity index (χ0n) is 5.28. The third-order valence-corrected chi connectivity index (χ3v) is 1.06. The maximum atomic E-state index is 3.93. The lowest BCUT2D eigenvalue weighted by Gasteiger charge is -1.86. The molecule has 0 fully saturated rings. The van der Waals surface area contributed by atoms with Crippen molar-refractivity contribution in [2.24, 2.45) is 12.0 Å². The third kappa shape index (κ3) is 1.10. The molecule has 0 saturated carbocycles. The summed E-state index contributed by atoms with van der Waals surface area (Å²) in [6, 6.07) is 3.67. The monoisotopic (exact) mass is 122 g/mol. The van der Waals surface area contributed by atoms with Gasteiger partial charge in [0.25, 0.3) is 0 Å². The Balaban J connectivity index is 3.15. The first kappa shape index (κ1) is 5.88. The van der Waals surface area contributed by atoms with Crippen LogP contribution in [0.25, 0.3) is 0 Å². The molecule has 0 bridgehead atoms. The average molecular weight is 122 g/mol. The van der Waals surface area contributed by atoms with Crippen LogP contribution in [0.3, 0.4) is 0 Å². The summed E-state index contributed by atoms with van der Waals surface area (Å²) in [5.74, 6) is 0.775. The molecule has 0 aliphatic rings. The zero-order chi connectivity index (χ0) is 6.69. The molecule has 46 valence electrons. The molecule has 3 nitrogen and oxygen atoms in total. The SMILES string of the molecule is C=Nc1cccn[n+]1C. The van der Waals surface area contributed by atoms with Crippen LogP contribution in [0.4, 0.5) is 5.82 Å². The van der Waals surface area contributed by atoms with Crippen LogP contribution < -0.4 is 4.68 Å². The molecule has 1 heterocycles. The Morgan fingerprint density at radius 3 is 3.00 bits per heavy atom. The number of aromatic nitrogens is 2. The van der Waals surface area contributed by atoms with Gasteiger partial charge in [0.1, 0.15) is 13.8 Å². The van der Waals surface area contributed by atoms with Crippen molar-refractivity contribution in [1.82, 2.24) is 5.10 Å². The molecule has 0 amide bonds. The second-order valence-corrected chi connectivity index (χ2v) is 1.66. The summed E-state index contributed by atoms with van der Waals surface area (Å²) < 4.78 is 1.66. The first-order valence-electron chi connectivity index (χ1n) is 2.62. The van der Waals surface area contributed by atoms with E-state index in [-0.39, 0.29) is 0 Å². The van der Waals surface area contributed by atoms with E-state index in [1.807, 2.05) is 19.2 Å². The first-order valence-corrected chi connectivity index (χ1v) is 2.62. The number of hydrogen-bond acceptors (Lipinski definition) is 2. The van der Waals surface area contributed by atoms with Crippen LogP contribution in [0.2, 0.25) is 0 Å². The Bertz CT molecular complexity index is 219. The van der Waals surface area contributed by atoms with Gasteiger partial charge < -0.3 is 0 Å². The highest BCUT2D eigenvalue weighted by Crippen LogP contribution is 1.96. The molecular weight excluding hydrogens is 114 g/mol. The summed E-state index contributed by atoms with van der Waals surface area (Å²) in [5.41, 5.74) is 0. The predicted molar refractivity (Wildman–Crippen MR) is 34.6 cm³/mol. The standard InChI is InChI=1S/C6H8N3/c1-7-6-4-3-5-8-9(6)2/h3-5H,1H2,2H3/q+1. The van der Waals surface area contributed by atoms with E-state index in [1.54, 1.807) is 10.9 Å². The van der Waals surface area contributed by atoms with Gasteiger partial charge in [0.2, 0.25) is 0 Å². The second-order valence-electron chi connectivity index (χ2n) is 1.66. The molecule has 0 atom stereocenters. The van der Waals surface area contributed by atoms with Crippen molar-refractivity contribution in [2.75, 3.05) is 0 Å². The summed E-state index contributed by atoms with van der Waals surface area (Å²) in [6.45, 7) is 3.38. The Morgan fingerprint density at radius 2 is 2.56 bits per heavy atom. The normalized spacial score (nSPS) is 9.00. The molecule has 1 aromatic rings. The largest absolute Gasteiger partial charge is 0.342 e. The Hall–Kier alpha value is -1.25. The molecule has 1 aromatic heterocycles. The van der Waals surface area contributed by atoms with Crippen molar-refractivity contribution in [1.29, 1.82) is 0 Å². The second kappa shape index (κ2) is 2.35. The number of aryl methyl sites for hydroxylation is 1. The Labute approximate surface area is 53.7 Å². The van der Waals surface area contributed by atoms with Gasteiger partial charge in [-0.05, 0) is 6.07 Å². The maximum Gasteiger partial charge on any atom is 0.342 e. The van der Waals surface area contributed by atoms with Crippen LogP contribution in [0.1, 0.15) is 0 Å². The van der Waals surface area contributed by atoms with Crippen LogP contribution in [0.5, 0.6) is 0 Å². The molecule has 0 spiro atoms. The molecule has 0 aliphatic carbocycles. The molecule has 9 heavy (non-hydrogen) atoms. The lowest BCUT2D eigenvalue weighted by molar-refractivity contribution is -0.718. The van der Waals surface area contributed by atoms with Crippen LogP contribution in [-0.2, 0) is 7.05 Å². The number of rotatable bonds is 1. The van der Waals surface area contributed by atoms with Crippen molar-refractivity contribution < 1.29 is 4.68 Å². The van der Waals surface area contributed by atoms with Gasteiger partial charge in [-0.1, -0.05) is 10.1 Å². The summed E-state index contributed by atoms with van der Waals surface area (Å²) in [4.78, 5) is 3.72. The summed E-state index contributed by atoms with van der Waals surface area (Å²) in [7, 11) is 1.82. The van der Waals surface area contributed by atoms with Crippen LogP contribution in [0, 0.1) is 0 Å². The van der Waals surface area contributed by atoms with Gasteiger partial charge >= 0.3 is 5.82 Å². The minimum atomic E-state index is 0.775. The summed E-state index contributed by atoms with van der Waals surface area (Å²) in [5, 5.41) is 3.93. The van der Waals surface area contributed by atoms with Crippen LogP contribution in [0.15, 0.2) is 23.3 Å². The van der Waals surface area contributed by atoms with Crippen molar-refractivity contribution in [2.45, 2.75) is 0 Å². The predicted octanol–water partition coefficient (Wildman–Crippen LogP) is 0.238. The molecular formula is C6H8N3+. The molecule has 1 rings (SSSR count). The fraction of sp³-hybridized carbons (Fsp3) is 0.167. The Kier molecular flexibility index (Phi) is 1.53. The molecule has 0 radical (unpaired) electrons. The van der Waals surface area contributed by atoms with Gasteiger partial charge in [0, 0.05) is 6.07 Å². The number of nitrogens with zero attached hydrogens (tertiary/aromatic N) is 3. The number of hydrogen-bond donors (Lipinski definition) is 0. The van der Waals surface area contributed by atoms with E-state index in [1.165, 1.54) is 0 Å². The van der Waals surface area contributed by atoms with E-state index in [0.717, 1.165) is 5.82 Å². The van der Waals surface area contributed by atoms with E-state index in [4.69, 9.17) is 0 Å². The smallest absolute Gasteiger partial charge is 0.134 e. The van der Waals surface area contributed by atoms with Gasteiger partial charge in [0.05, 0.1) is 6.20 Å². The fourth-order valence-corrected chi connectivity index (χ4v) is 0.590. The highest BCUT2D eigenvalue weighted by Gasteiger charge is 1.98. The minimum absolute atomic E-state index is 0.775. The maximum absolute atomic E-state index is 3.93. The van der Waals surface area contributed by atoms with E-state index >= 15 is 0 Å². The zero-order valence-corrected chi connectivity index (χ0v) is 5.28. The van der Waals surface area contributed by atoms with E-state index in [9.17, 15) is 0 Å². The first-order chi connectivity index (χ1) is 4.34. The fourth-order valence-electron chi connectivity index (χ4n) is 0.590. The lowest BCUT2D eigenvalue weighted by Crippen LogP contribution is -2.32. The lowest BCUT2D eigenvalue weighted by atomic mass is 10.5. The molecule has 0 aliphatic heterocycles. The van der Waals surface area contributed by atoms with E-state index < -0.39 is 0 Å². The summed E-state index contributed by atoms with van der Waals surface area (Å²) in [6.07, 6.45) is 1.70. The van der Waals surface area contributed by atoms with Gasteiger partial charge in [-0.2, -0.15) is 0 Å². The third-order valence-electron chi connectivity index (χ3n) is 1.06. The highest BCUT2D eigenvalue weighted by atomic mass is 15.3. The van der Waals surface area contributed by atoms with E-state index in [2.05, 4.69) is 16.8 Å². The van der Waals surface area contributed by atoms with Gasteiger partial charge in [-0.3, -0.25) is 0 Å². The van der Waals surface area contributed by atoms with Gasteiger partial charge in [-0.15, -0.1) is 4.68 Å². The van der Waals surface area contributed by atoms with Crippen LogP contribution >= 0.6 is 0 Å². The summed E-state index contributed by atoms with van der Waals surface area (Å²) >= 11 is 0.